The van der Waals surface area contributed by atoms with Crippen molar-refractivity contribution in [3.8, 4) is 0 Å². The Labute approximate surface area is 132 Å². The summed E-state index contributed by atoms with van der Waals surface area (Å²) >= 11 is 5.95. The molecule has 1 aliphatic rings. The van der Waals surface area contributed by atoms with Gasteiger partial charge in [0.25, 0.3) is 0 Å². The molecule has 6 heteroatoms. The molecule has 1 fully saturated rings. The molecule has 0 bridgehead atoms. The van der Waals surface area contributed by atoms with Crippen molar-refractivity contribution < 1.29 is 18.7 Å². The van der Waals surface area contributed by atoms with Crippen molar-refractivity contribution in [1.82, 2.24) is 5.32 Å². The van der Waals surface area contributed by atoms with Crippen molar-refractivity contribution in [2.24, 2.45) is 5.41 Å². The lowest BCUT2D eigenvalue weighted by atomic mass is 10.1. The van der Waals surface area contributed by atoms with Crippen LogP contribution in [0.4, 0.5) is 0 Å². The maximum atomic E-state index is 12.3. The first-order valence-electron chi connectivity index (χ1n) is 7.05. The number of amides is 1. The Balaban J connectivity index is 1.77. The largest absolute Gasteiger partial charge is 0.468 e. The molecule has 5 nitrogen and oxygen atoms in total. The number of furan rings is 1. The Morgan fingerprint density at radius 3 is 2.73 bits per heavy atom. The van der Waals surface area contributed by atoms with E-state index in [1.54, 1.807) is 18.2 Å². The minimum absolute atomic E-state index is 0.315. The van der Waals surface area contributed by atoms with Crippen molar-refractivity contribution in [3.63, 3.8) is 0 Å². The highest BCUT2D eigenvalue weighted by molar-refractivity contribution is 6.31. The van der Waals surface area contributed by atoms with Crippen LogP contribution in [0.3, 0.4) is 0 Å². The fourth-order valence-electron chi connectivity index (χ4n) is 2.50. The smallest absolute Gasteiger partial charge is 0.321 e. The van der Waals surface area contributed by atoms with E-state index in [9.17, 15) is 9.59 Å². The van der Waals surface area contributed by atoms with Gasteiger partial charge in [-0.25, -0.2) is 0 Å². The number of hydrogen-bond acceptors (Lipinski definition) is 4. The van der Waals surface area contributed by atoms with Gasteiger partial charge in [-0.15, -0.1) is 0 Å². The van der Waals surface area contributed by atoms with Crippen LogP contribution in [0.25, 0.3) is 11.0 Å². The second kappa shape index (κ2) is 5.32. The lowest BCUT2D eigenvalue weighted by molar-refractivity contribution is -0.152. The highest BCUT2D eigenvalue weighted by Gasteiger charge is 2.58. The normalized spacial score (nSPS) is 17.0. The van der Waals surface area contributed by atoms with Crippen molar-refractivity contribution in [2.75, 3.05) is 7.11 Å². The van der Waals surface area contributed by atoms with Gasteiger partial charge in [0.1, 0.15) is 16.8 Å². The number of rotatable bonds is 4. The number of nitrogens with one attached hydrogen (secondary N) is 1. The van der Waals surface area contributed by atoms with Crippen molar-refractivity contribution in [1.29, 1.82) is 0 Å². The van der Waals surface area contributed by atoms with Gasteiger partial charge in [-0.3, -0.25) is 9.59 Å². The summed E-state index contributed by atoms with van der Waals surface area (Å²) in [5.74, 6) is -0.176. The van der Waals surface area contributed by atoms with Gasteiger partial charge < -0.3 is 14.5 Å². The van der Waals surface area contributed by atoms with Crippen LogP contribution in [0, 0.1) is 5.41 Å². The molecule has 2 aromatic rings. The lowest BCUT2D eigenvalue weighted by Gasteiger charge is -2.16. The van der Waals surface area contributed by atoms with E-state index >= 15 is 0 Å². The number of carbonyl (C=O) groups excluding carboxylic acids is 2. The average Bonchev–Trinajstić information content (AvgIpc) is 3.20. The fourth-order valence-corrected chi connectivity index (χ4v) is 2.68. The minimum atomic E-state index is -1.02. The van der Waals surface area contributed by atoms with Crippen LogP contribution >= 0.6 is 11.6 Å². The van der Waals surface area contributed by atoms with Crippen LogP contribution in [-0.4, -0.2) is 19.0 Å². The zero-order chi connectivity index (χ0) is 15.9. The first-order valence-corrected chi connectivity index (χ1v) is 7.42. The molecule has 0 radical (unpaired) electrons. The standard InChI is InChI=1S/C16H16ClNO4/c1-9(18-14(19)16(5-6-16)15(20)21-2)13-8-10-7-11(17)3-4-12(10)22-13/h3-4,7-9H,5-6H2,1-2H3,(H,18,19)/t9-/m0/s1. The Morgan fingerprint density at radius 1 is 1.36 bits per heavy atom. The Morgan fingerprint density at radius 2 is 2.09 bits per heavy atom. The maximum Gasteiger partial charge on any atom is 0.321 e. The molecular formula is C16H16ClNO4. The van der Waals surface area contributed by atoms with Crippen LogP contribution in [0.1, 0.15) is 31.6 Å². The number of hydrogen-bond donors (Lipinski definition) is 1. The molecular weight excluding hydrogens is 306 g/mol. The number of ether oxygens (including phenoxy) is 1. The third-order valence-corrected chi connectivity index (χ3v) is 4.27. The highest BCUT2D eigenvalue weighted by Crippen LogP contribution is 2.47. The highest BCUT2D eigenvalue weighted by atomic mass is 35.5. The summed E-state index contributed by atoms with van der Waals surface area (Å²) in [7, 11) is 1.29. The van der Waals surface area contributed by atoms with Gasteiger partial charge in [0.2, 0.25) is 5.91 Å². The summed E-state index contributed by atoms with van der Waals surface area (Å²) in [5.41, 5.74) is -0.312. The molecule has 3 rings (SSSR count). The van der Waals surface area contributed by atoms with Gasteiger partial charge in [0.05, 0.1) is 13.2 Å². The van der Waals surface area contributed by atoms with Gasteiger partial charge in [0, 0.05) is 10.4 Å². The Hall–Kier alpha value is -2.01. The summed E-state index contributed by atoms with van der Waals surface area (Å²) in [6.45, 7) is 1.81. The fraction of sp³-hybridized carbons (Fsp3) is 0.375. The summed E-state index contributed by atoms with van der Waals surface area (Å²) in [6, 6.07) is 6.82. The maximum absolute atomic E-state index is 12.3. The quantitative estimate of drug-likeness (QED) is 0.693. The van der Waals surface area contributed by atoms with Crippen LogP contribution in [0.15, 0.2) is 28.7 Å². The van der Waals surface area contributed by atoms with E-state index in [1.807, 2.05) is 13.0 Å². The van der Waals surface area contributed by atoms with Gasteiger partial charge in [-0.2, -0.15) is 0 Å². The van der Waals surface area contributed by atoms with E-state index < -0.39 is 11.4 Å². The van der Waals surface area contributed by atoms with E-state index in [4.69, 9.17) is 20.8 Å². The first-order chi connectivity index (χ1) is 10.5. The van der Waals surface area contributed by atoms with E-state index in [-0.39, 0.29) is 11.9 Å². The molecule has 116 valence electrons. The molecule has 1 atom stereocenters. The monoisotopic (exact) mass is 321 g/mol. The number of methoxy groups -OCH3 is 1. The zero-order valence-electron chi connectivity index (χ0n) is 12.3. The van der Waals surface area contributed by atoms with Crippen molar-refractivity contribution >= 4 is 34.4 Å². The predicted octanol–water partition coefficient (Wildman–Crippen LogP) is 3.22. The summed E-state index contributed by atoms with van der Waals surface area (Å²) in [4.78, 5) is 24.0. The lowest BCUT2D eigenvalue weighted by Crippen LogP contribution is -2.38. The number of esters is 1. The van der Waals surface area contributed by atoms with Crippen LogP contribution in [-0.2, 0) is 14.3 Å². The van der Waals surface area contributed by atoms with E-state index in [0.29, 0.717) is 29.2 Å². The second-order valence-corrected chi connectivity index (χ2v) is 6.04. The first kappa shape index (κ1) is 14.9. The SMILES string of the molecule is COC(=O)C1(C(=O)N[C@@H](C)c2cc3cc(Cl)ccc3o2)CC1. The van der Waals surface area contributed by atoms with Gasteiger partial charge in [0.15, 0.2) is 0 Å². The predicted molar refractivity (Wildman–Crippen MR) is 81.5 cm³/mol. The minimum Gasteiger partial charge on any atom is -0.468 e. The zero-order valence-corrected chi connectivity index (χ0v) is 13.1. The van der Waals surface area contributed by atoms with Gasteiger partial charge in [-0.05, 0) is 44.0 Å². The number of halogens is 1. The molecule has 0 saturated heterocycles. The van der Waals surface area contributed by atoms with Crippen LogP contribution in [0.5, 0.6) is 0 Å². The van der Waals surface area contributed by atoms with E-state index in [0.717, 1.165) is 5.39 Å². The second-order valence-electron chi connectivity index (χ2n) is 5.60. The van der Waals surface area contributed by atoms with Gasteiger partial charge in [-0.1, -0.05) is 11.6 Å². The number of benzene rings is 1. The van der Waals surface area contributed by atoms with E-state index in [1.165, 1.54) is 7.11 Å². The van der Waals surface area contributed by atoms with Crippen LogP contribution < -0.4 is 5.32 Å². The molecule has 1 aromatic heterocycles. The third-order valence-electron chi connectivity index (χ3n) is 4.03. The summed E-state index contributed by atoms with van der Waals surface area (Å²) in [6.07, 6.45) is 1.04. The molecule has 0 unspecified atom stereocenters. The Kier molecular flexibility index (Phi) is 3.60. The third kappa shape index (κ3) is 2.46. The molecule has 0 spiro atoms. The molecule has 1 aromatic carbocycles. The molecule has 0 aliphatic heterocycles. The van der Waals surface area contributed by atoms with Gasteiger partial charge >= 0.3 is 5.97 Å². The van der Waals surface area contributed by atoms with Crippen molar-refractivity contribution in [2.45, 2.75) is 25.8 Å². The van der Waals surface area contributed by atoms with Crippen molar-refractivity contribution in [3.05, 3.63) is 35.0 Å². The molecule has 1 aliphatic carbocycles. The molecule has 22 heavy (non-hydrogen) atoms. The number of fused-ring (bicyclic) bond motifs is 1. The molecule has 1 saturated carbocycles. The summed E-state index contributed by atoms with van der Waals surface area (Å²) < 4.78 is 10.4. The molecule has 1 amide bonds. The number of carbonyl (C=O) groups is 2. The average molecular weight is 322 g/mol. The van der Waals surface area contributed by atoms with Crippen LogP contribution in [0.2, 0.25) is 5.02 Å². The molecule has 1 N–H and O–H groups in total. The molecule has 1 heterocycles. The van der Waals surface area contributed by atoms with E-state index in [2.05, 4.69) is 5.32 Å². The topological polar surface area (TPSA) is 68.5 Å². The Bertz CT molecular complexity index is 748. The summed E-state index contributed by atoms with van der Waals surface area (Å²) in [5, 5.41) is 4.32.